The summed E-state index contributed by atoms with van der Waals surface area (Å²) in [7, 11) is 0. The highest BCUT2D eigenvalue weighted by atomic mass is 16.3. The molecule has 2 N–H and O–H groups in total. The lowest BCUT2D eigenvalue weighted by molar-refractivity contribution is -0.128. The van der Waals surface area contributed by atoms with Gasteiger partial charge in [-0.2, -0.15) is 0 Å². The van der Waals surface area contributed by atoms with Gasteiger partial charge in [-0.05, 0) is 60.7 Å². The number of phenols is 1. The number of H-pyrrole nitrogens is 1. The van der Waals surface area contributed by atoms with Crippen molar-refractivity contribution in [3.63, 3.8) is 0 Å². The van der Waals surface area contributed by atoms with Gasteiger partial charge in [-0.15, -0.1) is 0 Å². The van der Waals surface area contributed by atoms with E-state index in [-0.39, 0.29) is 5.91 Å². The molecule has 0 fully saturated rings. The van der Waals surface area contributed by atoms with Crippen LogP contribution in [0.5, 0.6) is 5.75 Å². The van der Waals surface area contributed by atoms with E-state index in [9.17, 15) is 9.90 Å². The van der Waals surface area contributed by atoms with E-state index < -0.39 is 0 Å². The number of pyridine rings is 1. The Morgan fingerprint density at radius 2 is 2.07 bits per heavy atom. The number of fused-ring (bicyclic) bond motifs is 1. The molecule has 3 aromatic rings. The summed E-state index contributed by atoms with van der Waals surface area (Å²) in [6.45, 7) is 6.98. The maximum Gasteiger partial charge on any atom is 0.219 e. The number of rotatable bonds is 2. The average Bonchev–Trinajstić information content (AvgIpc) is 3.08. The van der Waals surface area contributed by atoms with E-state index in [0.717, 1.165) is 51.9 Å². The van der Waals surface area contributed by atoms with Gasteiger partial charge >= 0.3 is 0 Å². The highest BCUT2D eigenvalue weighted by Gasteiger charge is 2.17. The number of carbonyl (C=O) groups is 1. The third-order valence-electron chi connectivity index (χ3n) is 5.40. The summed E-state index contributed by atoms with van der Waals surface area (Å²) in [6, 6.07) is 7.89. The van der Waals surface area contributed by atoms with Crippen molar-refractivity contribution in [2.75, 3.05) is 13.1 Å². The van der Waals surface area contributed by atoms with E-state index in [1.807, 2.05) is 31.0 Å². The minimum atomic E-state index is 0.116. The van der Waals surface area contributed by atoms with Crippen LogP contribution in [0.25, 0.3) is 27.7 Å². The van der Waals surface area contributed by atoms with Gasteiger partial charge in [-0.3, -0.25) is 4.79 Å². The van der Waals surface area contributed by atoms with Crippen LogP contribution in [-0.4, -0.2) is 39.0 Å². The highest BCUT2D eigenvalue weighted by molar-refractivity contribution is 5.87. The highest BCUT2D eigenvalue weighted by Crippen LogP contribution is 2.34. The van der Waals surface area contributed by atoms with Gasteiger partial charge in [0.1, 0.15) is 11.4 Å². The molecule has 0 spiro atoms. The summed E-state index contributed by atoms with van der Waals surface area (Å²) < 4.78 is 0. The van der Waals surface area contributed by atoms with Crippen LogP contribution in [0.2, 0.25) is 0 Å². The van der Waals surface area contributed by atoms with Gasteiger partial charge in [-0.1, -0.05) is 12.1 Å². The standard InChI is InChI=1S/C22H23N3O2/c1-13-4-5-20(27)14(2)21(13)18-10-17-11-19(24-22(17)23-12-18)16-6-8-25(9-7-16)15(3)26/h4-6,10-12,27H,7-9H2,1-3H3,(H,23,24). The van der Waals surface area contributed by atoms with Crippen molar-refractivity contribution in [1.82, 2.24) is 14.9 Å². The lowest BCUT2D eigenvalue weighted by Gasteiger charge is -2.24. The second-order valence-corrected chi connectivity index (χ2v) is 7.19. The van der Waals surface area contributed by atoms with Crippen LogP contribution >= 0.6 is 0 Å². The van der Waals surface area contributed by atoms with Crippen molar-refractivity contribution in [2.24, 2.45) is 0 Å². The molecule has 0 saturated heterocycles. The maximum atomic E-state index is 11.5. The fraction of sp³-hybridized carbons (Fsp3) is 0.273. The summed E-state index contributed by atoms with van der Waals surface area (Å²) in [5, 5.41) is 11.1. The first-order chi connectivity index (χ1) is 12.9. The third kappa shape index (κ3) is 3.10. The van der Waals surface area contributed by atoms with Crippen molar-refractivity contribution >= 4 is 22.5 Å². The zero-order chi connectivity index (χ0) is 19.1. The molecule has 0 radical (unpaired) electrons. The van der Waals surface area contributed by atoms with E-state index >= 15 is 0 Å². The van der Waals surface area contributed by atoms with E-state index in [0.29, 0.717) is 12.3 Å². The smallest absolute Gasteiger partial charge is 0.219 e. The average molecular weight is 361 g/mol. The van der Waals surface area contributed by atoms with Crippen LogP contribution in [0.15, 0.2) is 36.5 Å². The monoisotopic (exact) mass is 361 g/mol. The Bertz CT molecular complexity index is 1080. The molecular formula is C22H23N3O2. The summed E-state index contributed by atoms with van der Waals surface area (Å²) in [5.41, 5.74) is 7.13. The van der Waals surface area contributed by atoms with E-state index in [2.05, 4.69) is 28.2 Å². The molecule has 5 nitrogen and oxygen atoms in total. The van der Waals surface area contributed by atoms with E-state index in [4.69, 9.17) is 0 Å². The van der Waals surface area contributed by atoms with Gasteiger partial charge < -0.3 is 15.0 Å². The first-order valence-electron chi connectivity index (χ1n) is 9.17. The SMILES string of the molecule is CC(=O)N1CC=C(c2cc3cc(-c4c(C)ccc(O)c4C)cnc3[nH]2)CC1. The van der Waals surface area contributed by atoms with Crippen molar-refractivity contribution in [3.05, 3.63) is 53.4 Å². The Morgan fingerprint density at radius 3 is 2.78 bits per heavy atom. The summed E-state index contributed by atoms with van der Waals surface area (Å²) in [4.78, 5) is 21.3. The summed E-state index contributed by atoms with van der Waals surface area (Å²) >= 11 is 0. The van der Waals surface area contributed by atoms with Gasteiger partial charge in [0, 0.05) is 42.9 Å². The Kier molecular flexibility index (Phi) is 4.22. The molecule has 1 amide bonds. The number of nitrogens with one attached hydrogen (secondary N) is 1. The minimum Gasteiger partial charge on any atom is -0.508 e. The molecule has 0 saturated carbocycles. The van der Waals surface area contributed by atoms with Crippen LogP contribution in [-0.2, 0) is 4.79 Å². The number of aromatic amines is 1. The van der Waals surface area contributed by atoms with Crippen molar-refractivity contribution in [1.29, 1.82) is 0 Å². The van der Waals surface area contributed by atoms with Crippen molar-refractivity contribution < 1.29 is 9.90 Å². The van der Waals surface area contributed by atoms with Gasteiger partial charge in [0.25, 0.3) is 0 Å². The number of aromatic hydroxyl groups is 1. The molecule has 27 heavy (non-hydrogen) atoms. The first-order valence-corrected chi connectivity index (χ1v) is 9.17. The normalized spacial score (nSPS) is 14.5. The molecule has 0 atom stereocenters. The summed E-state index contributed by atoms with van der Waals surface area (Å²) in [5.74, 6) is 0.415. The predicted molar refractivity (Wildman–Crippen MR) is 108 cm³/mol. The Balaban J connectivity index is 1.72. The van der Waals surface area contributed by atoms with E-state index in [1.54, 1.807) is 13.0 Å². The lowest BCUT2D eigenvalue weighted by Crippen LogP contribution is -2.32. The predicted octanol–water partition coefficient (Wildman–Crippen LogP) is 4.19. The zero-order valence-corrected chi connectivity index (χ0v) is 15.8. The van der Waals surface area contributed by atoms with Crippen LogP contribution in [0.3, 0.4) is 0 Å². The zero-order valence-electron chi connectivity index (χ0n) is 15.8. The number of nitrogens with zero attached hydrogens (tertiary/aromatic N) is 2. The van der Waals surface area contributed by atoms with Gasteiger partial charge in [0.05, 0.1) is 0 Å². The van der Waals surface area contributed by atoms with Crippen LogP contribution in [0.4, 0.5) is 0 Å². The molecular weight excluding hydrogens is 338 g/mol. The van der Waals surface area contributed by atoms with Crippen molar-refractivity contribution in [3.8, 4) is 16.9 Å². The molecule has 0 unspecified atom stereocenters. The Labute approximate surface area is 158 Å². The topological polar surface area (TPSA) is 69.2 Å². The number of aromatic nitrogens is 2. The number of carbonyl (C=O) groups excluding carboxylic acids is 1. The molecule has 2 aromatic heterocycles. The van der Waals surface area contributed by atoms with Gasteiger partial charge in [0.2, 0.25) is 5.91 Å². The molecule has 1 aliphatic rings. The number of hydrogen-bond donors (Lipinski definition) is 2. The largest absolute Gasteiger partial charge is 0.508 e. The number of hydrogen-bond acceptors (Lipinski definition) is 3. The van der Waals surface area contributed by atoms with E-state index in [1.165, 1.54) is 5.57 Å². The second-order valence-electron chi connectivity index (χ2n) is 7.19. The number of aryl methyl sites for hydroxylation is 1. The molecule has 1 aromatic carbocycles. The molecule has 1 aliphatic heterocycles. The van der Waals surface area contributed by atoms with Gasteiger partial charge in [-0.25, -0.2) is 4.98 Å². The molecule has 0 bridgehead atoms. The number of benzene rings is 1. The molecule has 138 valence electrons. The fourth-order valence-corrected chi connectivity index (χ4v) is 3.81. The summed E-state index contributed by atoms with van der Waals surface area (Å²) in [6.07, 6.45) is 4.80. The van der Waals surface area contributed by atoms with Crippen LogP contribution in [0.1, 0.15) is 30.2 Å². The molecule has 4 rings (SSSR count). The Morgan fingerprint density at radius 1 is 1.26 bits per heavy atom. The van der Waals surface area contributed by atoms with Crippen molar-refractivity contribution in [2.45, 2.75) is 27.2 Å². The quantitative estimate of drug-likeness (QED) is 0.719. The fourth-order valence-electron chi connectivity index (χ4n) is 3.81. The molecule has 5 heteroatoms. The number of phenolic OH excluding ortho intramolecular Hbond substituents is 1. The lowest BCUT2D eigenvalue weighted by atomic mass is 9.96. The minimum absolute atomic E-state index is 0.116. The molecule has 3 heterocycles. The Hall–Kier alpha value is -3.08. The second kappa shape index (κ2) is 6.58. The molecule has 0 aliphatic carbocycles. The number of amides is 1. The van der Waals surface area contributed by atoms with Crippen LogP contribution in [0, 0.1) is 13.8 Å². The first kappa shape index (κ1) is 17.3. The maximum absolute atomic E-state index is 11.5. The third-order valence-corrected chi connectivity index (χ3v) is 5.40. The van der Waals surface area contributed by atoms with Gasteiger partial charge in [0.15, 0.2) is 0 Å². The van der Waals surface area contributed by atoms with Crippen LogP contribution < -0.4 is 0 Å².